The Kier molecular flexibility index (Phi) is 26.2. The Hall–Kier alpha value is -2.18. The van der Waals surface area contributed by atoms with E-state index in [1.54, 1.807) is 24.3 Å². The smallest absolute Gasteiger partial charge is 0.322 e. The van der Waals surface area contributed by atoms with Crippen LogP contribution >= 0.6 is 0 Å². The topological polar surface area (TPSA) is 149 Å². The van der Waals surface area contributed by atoms with E-state index in [2.05, 4.69) is 13.8 Å². The SMILES string of the molecule is CCCCCCCCCCCCc1ccc(S(=O)(=O)N2CCC[C@@H]2C(=O)O)cc1.CCCCCCCCCCCCc1ccc(S(=O)(=O)N2CCC[C@@H]2C(=O)O)cc1.[Rh]. The van der Waals surface area contributed by atoms with Gasteiger partial charge < -0.3 is 10.2 Å². The van der Waals surface area contributed by atoms with Crippen LogP contribution < -0.4 is 0 Å². The maximum Gasteiger partial charge on any atom is 0.322 e. The van der Waals surface area contributed by atoms with E-state index < -0.39 is 44.1 Å². The molecule has 2 aromatic carbocycles. The third-order valence-corrected chi connectivity index (χ3v) is 15.5. The average molecular weight is 950 g/mol. The number of nitrogens with zero attached hydrogens (tertiary/aromatic N) is 2. The number of rotatable bonds is 28. The summed E-state index contributed by atoms with van der Waals surface area (Å²) < 4.78 is 53.3. The largest absolute Gasteiger partial charge is 0.480 e. The summed E-state index contributed by atoms with van der Waals surface area (Å²) in [6.45, 7) is 5.04. The number of aliphatic carboxylic acids is 2. The summed E-state index contributed by atoms with van der Waals surface area (Å²) in [6.07, 6.45) is 29.9. The molecule has 4 rings (SSSR count). The fourth-order valence-corrected chi connectivity index (χ4v) is 11.4. The Bertz CT molecular complexity index is 1560. The van der Waals surface area contributed by atoms with Gasteiger partial charge >= 0.3 is 11.9 Å². The fourth-order valence-electron chi connectivity index (χ4n) is 8.11. The Morgan fingerprint density at radius 1 is 0.492 bits per heavy atom. The number of hydrogen-bond acceptors (Lipinski definition) is 6. The van der Waals surface area contributed by atoms with E-state index in [1.807, 2.05) is 24.3 Å². The first-order chi connectivity index (χ1) is 27.9. The first kappa shape index (κ1) is 53.0. The Balaban J connectivity index is 0.000000400. The quantitative estimate of drug-likeness (QED) is 0.0632. The molecule has 2 N–H and O–H groups in total. The second kappa shape index (κ2) is 29.2. The molecule has 0 aliphatic carbocycles. The molecule has 0 bridgehead atoms. The molecule has 2 heterocycles. The van der Waals surface area contributed by atoms with Gasteiger partial charge in [0, 0.05) is 32.6 Å². The first-order valence-corrected chi connectivity index (χ1v) is 25.5. The summed E-state index contributed by atoms with van der Waals surface area (Å²) in [5.74, 6) is -2.13. The van der Waals surface area contributed by atoms with Gasteiger partial charge in [0.25, 0.3) is 0 Å². The van der Waals surface area contributed by atoms with Crippen molar-refractivity contribution >= 4 is 32.0 Å². The second-order valence-electron chi connectivity index (χ2n) is 16.4. The van der Waals surface area contributed by atoms with Crippen molar-refractivity contribution in [3.63, 3.8) is 0 Å². The molecule has 13 heteroatoms. The van der Waals surface area contributed by atoms with Crippen LogP contribution in [-0.4, -0.2) is 72.8 Å². The van der Waals surface area contributed by atoms with Gasteiger partial charge in [0.1, 0.15) is 12.1 Å². The molecular weight excluding hydrogens is 876 g/mol. The minimum atomic E-state index is -3.74. The second-order valence-corrected chi connectivity index (χ2v) is 20.2. The zero-order chi connectivity index (χ0) is 42.2. The molecule has 59 heavy (non-hydrogen) atoms. The van der Waals surface area contributed by atoms with Crippen molar-refractivity contribution < 1.29 is 56.1 Å². The molecular formula is C46H74N2O8RhS2. The van der Waals surface area contributed by atoms with Crippen LogP contribution in [0.5, 0.6) is 0 Å². The Morgan fingerprint density at radius 2 is 0.763 bits per heavy atom. The number of aryl methyl sites for hydroxylation is 2. The monoisotopic (exact) mass is 949 g/mol. The van der Waals surface area contributed by atoms with E-state index in [9.17, 15) is 36.6 Å². The van der Waals surface area contributed by atoms with Crippen LogP contribution in [-0.2, 0) is 62.0 Å². The summed E-state index contributed by atoms with van der Waals surface area (Å²) in [6, 6.07) is 12.1. The summed E-state index contributed by atoms with van der Waals surface area (Å²) in [5, 5.41) is 18.5. The van der Waals surface area contributed by atoms with Crippen molar-refractivity contribution in [3.05, 3.63) is 59.7 Å². The molecule has 0 amide bonds. The number of hydrogen-bond donors (Lipinski definition) is 2. The van der Waals surface area contributed by atoms with E-state index in [-0.39, 0.29) is 42.4 Å². The Labute approximate surface area is 370 Å². The van der Waals surface area contributed by atoms with E-state index in [0.717, 1.165) is 45.4 Å². The van der Waals surface area contributed by atoms with Crippen molar-refractivity contribution in [3.8, 4) is 0 Å². The number of unbranched alkanes of at least 4 members (excludes halogenated alkanes) is 18. The molecule has 337 valence electrons. The van der Waals surface area contributed by atoms with Gasteiger partial charge in [0.05, 0.1) is 9.79 Å². The van der Waals surface area contributed by atoms with Crippen LogP contribution in [0, 0.1) is 0 Å². The van der Waals surface area contributed by atoms with Gasteiger partial charge in [-0.15, -0.1) is 0 Å². The van der Waals surface area contributed by atoms with Crippen LogP contribution in [0.3, 0.4) is 0 Å². The van der Waals surface area contributed by atoms with Crippen LogP contribution in [0.1, 0.15) is 179 Å². The van der Waals surface area contributed by atoms with Crippen molar-refractivity contribution in [1.82, 2.24) is 8.61 Å². The standard InChI is InChI=1S/2C23H37NO4S.Rh/c2*1-2-3-4-5-6-7-8-9-10-11-13-20-15-17-21(18-16-20)29(27,28)24-19-12-14-22(24)23(25)26;/h2*15-18,22H,2-14,19H2,1H3,(H,25,26);/t2*22-;/m11./s1. The number of carboxylic acid groups (broad SMARTS) is 2. The fraction of sp³-hybridized carbons (Fsp3) is 0.696. The average Bonchev–Trinajstić information content (AvgIpc) is 3.93. The zero-order valence-corrected chi connectivity index (χ0v) is 39.2. The van der Waals surface area contributed by atoms with E-state index >= 15 is 0 Å². The predicted molar refractivity (Wildman–Crippen MR) is 233 cm³/mol. The van der Waals surface area contributed by atoms with Gasteiger partial charge in [-0.25, -0.2) is 16.8 Å². The molecule has 2 atom stereocenters. The molecule has 0 saturated carbocycles. The van der Waals surface area contributed by atoms with Crippen molar-refractivity contribution in [2.24, 2.45) is 0 Å². The summed E-state index contributed by atoms with van der Waals surface area (Å²) in [5.41, 5.74) is 2.28. The van der Waals surface area contributed by atoms with Crippen LogP contribution in [0.4, 0.5) is 0 Å². The number of carboxylic acids is 2. The molecule has 2 fully saturated rings. The minimum Gasteiger partial charge on any atom is -0.480 e. The maximum absolute atomic E-state index is 12.8. The maximum atomic E-state index is 12.8. The molecule has 2 aliphatic heterocycles. The van der Waals surface area contributed by atoms with E-state index in [0.29, 0.717) is 25.7 Å². The van der Waals surface area contributed by atoms with Crippen LogP contribution in [0.25, 0.3) is 0 Å². The molecule has 0 spiro atoms. The van der Waals surface area contributed by atoms with Gasteiger partial charge in [-0.2, -0.15) is 8.61 Å². The normalized spacial score (nSPS) is 17.3. The predicted octanol–water partition coefficient (Wildman–Crippen LogP) is 10.8. The van der Waals surface area contributed by atoms with E-state index in [4.69, 9.17) is 0 Å². The van der Waals surface area contributed by atoms with Crippen LogP contribution in [0.2, 0.25) is 0 Å². The molecule has 2 saturated heterocycles. The third kappa shape index (κ3) is 18.4. The Morgan fingerprint density at radius 3 is 1.03 bits per heavy atom. The molecule has 0 aromatic heterocycles. The van der Waals surface area contributed by atoms with Crippen molar-refractivity contribution in [2.75, 3.05) is 13.1 Å². The van der Waals surface area contributed by atoms with Gasteiger partial charge in [-0.1, -0.05) is 154 Å². The van der Waals surface area contributed by atoms with Crippen molar-refractivity contribution in [2.45, 2.75) is 203 Å². The van der Waals surface area contributed by atoms with Gasteiger partial charge in [0.2, 0.25) is 20.0 Å². The number of benzene rings is 2. The number of sulfonamides is 2. The summed E-state index contributed by atoms with van der Waals surface area (Å²) >= 11 is 0. The van der Waals surface area contributed by atoms with Gasteiger partial charge in [0.15, 0.2) is 0 Å². The molecule has 1 radical (unpaired) electrons. The van der Waals surface area contributed by atoms with Gasteiger partial charge in [-0.05, 0) is 86.8 Å². The third-order valence-electron chi connectivity index (χ3n) is 11.7. The zero-order valence-electron chi connectivity index (χ0n) is 36.0. The first-order valence-electron chi connectivity index (χ1n) is 22.6. The van der Waals surface area contributed by atoms with E-state index in [1.165, 1.54) is 116 Å². The van der Waals surface area contributed by atoms with Gasteiger partial charge in [-0.3, -0.25) is 9.59 Å². The van der Waals surface area contributed by atoms with Crippen LogP contribution in [0.15, 0.2) is 58.3 Å². The minimum absolute atomic E-state index is 0. The number of carbonyl (C=O) groups is 2. The molecule has 10 nitrogen and oxygen atoms in total. The summed E-state index contributed by atoms with van der Waals surface area (Å²) in [7, 11) is -7.48. The molecule has 2 aromatic rings. The molecule has 2 aliphatic rings. The summed E-state index contributed by atoms with van der Waals surface area (Å²) in [4.78, 5) is 23.0. The van der Waals surface area contributed by atoms with Crippen molar-refractivity contribution in [1.29, 1.82) is 0 Å². The molecule has 0 unspecified atom stereocenters.